The molecule has 3 heterocycles. The van der Waals surface area contributed by atoms with Gasteiger partial charge in [0.1, 0.15) is 17.4 Å². The summed E-state index contributed by atoms with van der Waals surface area (Å²) in [5.74, 6) is 2.38. The highest BCUT2D eigenvalue weighted by atomic mass is 32.2. The molecule has 0 saturated carbocycles. The number of methoxy groups -OCH3 is 2. The van der Waals surface area contributed by atoms with Crippen LogP contribution < -0.4 is 29.6 Å². The highest BCUT2D eigenvalue weighted by molar-refractivity contribution is 8.02. The topological polar surface area (TPSA) is 112 Å². The van der Waals surface area contributed by atoms with Crippen molar-refractivity contribution >= 4 is 22.7 Å². The molecule has 0 fully saturated rings. The third kappa shape index (κ3) is 5.52. The molecule has 0 amide bonds. The molecular weight excluding hydrogens is 525 g/mol. The first-order chi connectivity index (χ1) is 18.9. The molecular formula is C27H28FN5O5S. The van der Waals surface area contributed by atoms with Gasteiger partial charge in [-0.15, -0.1) is 0 Å². The van der Waals surface area contributed by atoms with E-state index < -0.39 is 11.8 Å². The Morgan fingerprint density at radius 1 is 1.13 bits per heavy atom. The maximum Gasteiger partial charge on any atom is 0.223 e. The highest BCUT2D eigenvalue weighted by Crippen LogP contribution is 2.37. The van der Waals surface area contributed by atoms with Crippen LogP contribution in [0.5, 0.6) is 23.0 Å². The second kappa shape index (κ2) is 11.3. The lowest BCUT2D eigenvalue weighted by Crippen LogP contribution is -2.34. The molecule has 12 heteroatoms. The molecule has 2 aromatic heterocycles. The normalized spacial score (nSPS) is 15.4. The minimum absolute atomic E-state index is 0.291. The summed E-state index contributed by atoms with van der Waals surface area (Å²) < 4.78 is 37.9. The second-order valence-electron chi connectivity index (χ2n) is 8.53. The number of nitrogens with zero attached hydrogens (tertiary/aromatic N) is 3. The number of aliphatic hydroxyl groups excluding tert-OH is 1. The van der Waals surface area contributed by atoms with Gasteiger partial charge in [-0.2, -0.15) is 5.10 Å². The van der Waals surface area contributed by atoms with E-state index in [0.717, 1.165) is 5.39 Å². The number of halogens is 1. The lowest BCUT2D eigenvalue weighted by atomic mass is 10.2. The lowest BCUT2D eigenvalue weighted by Gasteiger charge is -2.19. The molecule has 0 aliphatic carbocycles. The molecule has 4 aromatic rings. The maximum absolute atomic E-state index is 13.6. The number of aryl methyl sites for hydroxylation is 1. The SMILES string of the molecule is CCOc1cn(-c2ccc(F)cc2C)nc1C(O)NC1=CSC(Oc2ccnc3cc(OC)c(OC)cc23)N1. The van der Waals surface area contributed by atoms with Gasteiger partial charge in [0.2, 0.25) is 5.56 Å². The van der Waals surface area contributed by atoms with Crippen LogP contribution in [-0.2, 0) is 0 Å². The zero-order valence-corrected chi connectivity index (χ0v) is 22.6. The molecule has 1 aliphatic heterocycles. The Bertz CT molecular complexity index is 1530. The summed E-state index contributed by atoms with van der Waals surface area (Å²) in [4.78, 5) is 4.40. The summed E-state index contributed by atoms with van der Waals surface area (Å²) in [6, 6.07) is 9.80. The number of hydrogen-bond acceptors (Lipinski definition) is 10. The van der Waals surface area contributed by atoms with E-state index in [0.29, 0.717) is 57.9 Å². The molecule has 3 N–H and O–H groups in total. The van der Waals surface area contributed by atoms with Crippen molar-refractivity contribution in [2.75, 3.05) is 20.8 Å². The molecule has 2 aromatic carbocycles. The number of benzene rings is 2. The van der Waals surface area contributed by atoms with Crippen molar-refractivity contribution in [3.8, 4) is 28.7 Å². The predicted molar refractivity (Wildman–Crippen MR) is 146 cm³/mol. The molecule has 2 atom stereocenters. The summed E-state index contributed by atoms with van der Waals surface area (Å²) in [6.45, 7) is 4.02. The molecule has 204 valence electrons. The van der Waals surface area contributed by atoms with E-state index in [4.69, 9.17) is 18.9 Å². The van der Waals surface area contributed by atoms with Gasteiger partial charge in [-0.05, 0) is 49.7 Å². The minimum atomic E-state index is -1.19. The average Bonchev–Trinajstić information content (AvgIpc) is 3.55. The fraction of sp³-hybridized carbons (Fsp3) is 0.259. The molecule has 2 unspecified atom stereocenters. The van der Waals surface area contributed by atoms with Gasteiger partial charge in [-0.3, -0.25) is 4.98 Å². The molecule has 0 spiro atoms. The number of fused-ring (bicyclic) bond motifs is 1. The quantitative estimate of drug-likeness (QED) is 0.245. The van der Waals surface area contributed by atoms with Gasteiger partial charge < -0.3 is 34.7 Å². The Morgan fingerprint density at radius 2 is 1.92 bits per heavy atom. The Kier molecular flexibility index (Phi) is 7.66. The van der Waals surface area contributed by atoms with Gasteiger partial charge in [-0.25, -0.2) is 9.07 Å². The second-order valence-corrected chi connectivity index (χ2v) is 9.47. The van der Waals surface area contributed by atoms with Crippen LogP contribution in [0.1, 0.15) is 24.4 Å². The van der Waals surface area contributed by atoms with Crippen LogP contribution in [-0.4, -0.2) is 46.3 Å². The smallest absolute Gasteiger partial charge is 0.223 e. The van der Waals surface area contributed by atoms with E-state index in [1.54, 1.807) is 56.4 Å². The van der Waals surface area contributed by atoms with Crippen LogP contribution >= 0.6 is 11.8 Å². The van der Waals surface area contributed by atoms with Crippen molar-refractivity contribution in [3.63, 3.8) is 0 Å². The lowest BCUT2D eigenvalue weighted by molar-refractivity contribution is 0.136. The Morgan fingerprint density at radius 3 is 2.67 bits per heavy atom. The monoisotopic (exact) mass is 553 g/mol. The van der Waals surface area contributed by atoms with E-state index in [9.17, 15) is 9.50 Å². The number of hydrogen-bond donors (Lipinski definition) is 3. The van der Waals surface area contributed by atoms with Crippen molar-refractivity contribution in [1.29, 1.82) is 0 Å². The molecule has 39 heavy (non-hydrogen) atoms. The molecule has 0 saturated heterocycles. The largest absolute Gasteiger partial charge is 0.493 e. The molecule has 10 nitrogen and oxygen atoms in total. The Hall–Kier alpha value is -4.16. The molecule has 0 radical (unpaired) electrons. The maximum atomic E-state index is 13.6. The van der Waals surface area contributed by atoms with E-state index >= 15 is 0 Å². The zero-order chi connectivity index (χ0) is 27.5. The third-order valence-electron chi connectivity index (χ3n) is 5.99. The summed E-state index contributed by atoms with van der Waals surface area (Å²) in [5, 5.41) is 24.3. The van der Waals surface area contributed by atoms with Crippen LogP contribution in [0.15, 0.2) is 60.0 Å². The number of ether oxygens (including phenoxy) is 4. The van der Waals surface area contributed by atoms with Crippen LogP contribution in [0.25, 0.3) is 16.6 Å². The summed E-state index contributed by atoms with van der Waals surface area (Å²) in [5.41, 5.74) is 1.90. The van der Waals surface area contributed by atoms with Gasteiger partial charge in [0.15, 0.2) is 29.2 Å². The Balaban J connectivity index is 1.30. The van der Waals surface area contributed by atoms with Crippen molar-refractivity contribution in [1.82, 2.24) is 25.4 Å². The summed E-state index contributed by atoms with van der Waals surface area (Å²) in [6.07, 6.45) is 2.14. The number of aromatic nitrogens is 3. The number of nitrogens with one attached hydrogen (secondary N) is 2. The number of pyridine rings is 1. The first kappa shape index (κ1) is 26.4. The molecule has 0 bridgehead atoms. The number of rotatable bonds is 10. The molecule has 5 rings (SSSR count). The minimum Gasteiger partial charge on any atom is -0.493 e. The van der Waals surface area contributed by atoms with Gasteiger partial charge in [-0.1, -0.05) is 11.8 Å². The summed E-state index contributed by atoms with van der Waals surface area (Å²) >= 11 is 1.39. The van der Waals surface area contributed by atoms with E-state index in [2.05, 4.69) is 20.7 Å². The van der Waals surface area contributed by atoms with Crippen molar-refractivity contribution in [2.45, 2.75) is 25.6 Å². The van der Waals surface area contributed by atoms with Gasteiger partial charge in [0, 0.05) is 23.1 Å². The van der Waals surface area contributed by atoms with E-state index in [-0.39, 0.29) is 5.82 Å². The van der Waals surface area contributed by atoms with E-state index in [1.165, 1.54) is 23.9 Å². The first-order valence-corrected chi connectivity index (χ1v) is 13.1. The third-order valence-corrected chi connectivity index (χ3v) is 6.82. The first-order valence-electron chi connectivity index (χ1n) is 12.1. The van der Waals surface area contributed by atoms with Crippen LogP contribution in [0.3, 0.4) is 0 Å². The highest BCUT2D eigenvalue weighted by Gasteiger charge is 2.25. The van der Waals surface area contributed by atoms with Crippen molar-refractivity contribution < 1.29 is 28.4 Å². The fourth-order valence-electron chi connectivity index (χ4n) is 4.17. The van der Waals surface area contributed by atoms with Crippen molar-refractivity contribution in [3.05, 3.63) is 77.1 Å². The predicted octanol–water partition coefficient (Wildman–Crippen LogP) is 4.36. The molecule has 1 aliphatic rings. The number of aliphatic hydroxyl groups is 1. The zero-order valence-electron chi connectivity index (χ0n) is 21.8. The average molecular weight is 554 g/mol. The van der Waals surface area contributed by atoms with Crippen LogP contribution in [0, 0.1) is 12.7 Å². The standard InChI is InChI=1S/C27H28FN5O5S/c1-5-37-23-13-33(19-7-6-16(28)10-15(19)2)32-25(23)26(34)30-24-14-39-27(31-24)38-20-8-9-29-18-12-22(36-4)21(35-3)11-17(18)20/h6-14,26-27,30-31,34H,5H2,1-4H3. The van der Waals surface area contributed by atoms with Gasteiger partial charge in [0.25, 0.3) is 0 Å². The van der Waals surface area contributed by atoms with Crippen molar-refractivity contribution in [2.24, 2.45) is 0 Å². The van der Waals surface area contributed by atoms with E-state index in [1.807, 2.05) is 18.4 Å². The van der Waals surface area contributed by atoms with Crippen LogP contribution in [0.2, 0.25) is 0 Å². The summed E-state index contributed by atoms with van der Waals surface area (Å²) in [7, 11) is 3.15. The fourth-order valence-corrected chi connectivity index (χ4v) is 4.92. The van der Waals surface area contributed by atoms with Crippen LogP contribution in [0.4, 0.5) is 4.39 Å². The van der Waals surface area contributed by atoms with Gasteiger partial charge in [0.05, 0.1) is 38.2 Å². The number of thioether (sulfide) groups is 1. The van der Waals surface area contributed by atoms with Gasteiger partial charge >= 0.3 is 0 Å². The Labute approximate surface area is 228 Å².